The van der Waals surface area contributed by atoms with Crippen LogP contribution in [0.2, 0.25) is 0 Å². The summed E-state index contributed by atoms with van der Waals surface area (Å²) in [5, 5.41) is 12.9. The number of benzene rings is 2. The summed E-state index contributed by atoms with van der Waals surface area (Å²) in [6.07, 6.45) is 3.55. The Balaban J connectivity index is 1.43. The van der Waals surface area contributed by atoms with Gasteiger partial charge in [0.05, 0.1) is 24.6 Å². The average Bonchev–Trinajstić information content (AvgIpc) is 3.28. The van der Waals surface area contributed by atoms with Crippen LogP contribution in [0.5, 0.6) is 5.75 Å². The molecule has 4 aromatic rings. The molecule has 0 amide bonds. The minimum atomic E-state index is -0.650. The Kier molecular flexibility index (Phi) is 4.72. The standard InChI is InChI=1S/C23H21FN4O2/c24-19-15-16(1-8-22(19)29)21-7-6-20(23-25-9-10-28(21)23)26-17-2-4-18(5-3-17)27-11-13-30-14-12-27/h1-10,15,26,29H,11-14H2. The van der Waals surface area contributed by atoms with Gasteiger partial charge in [0, 0.05) is 42.4 Å². The maximum atomic E-state index is 13.8. The topological polar surface area (TPSA) is 62.0 Å². The summed E-state index contributed by atoms with van der Waals surface area (Å²) in [5.41, 5.74) is 5.17. The monoisotopic (exact) mass is 404 g/mol. The van der Waals surface area contributed by atoms with Gasteiger partial charge in [0.25, 0.3) is 0 Å². The van der Waals surface area contributed by atoms with E-state index in [1.807, 2.05) is 34.9 Å². The Bertz CT molecular complexity index is 1180. The molecule has 3 heterocycles. The fourth-order valence-electron chi connectivity index (χ4n) is 3.75. The quantitative estimate of drug-likeness (QED) is 0.527. The van der Waals surface area contributed by atoms with Crippen molar-refractivity contribution in [3.63, 3.8) is 0 Å². The Hall–Kier alpha value is -3.58. The second-order valence-corrected chi connectivity index (χ2v) is 7.19. The highest BCUT2D eigenvalue weighted by Gasteiger charge is 2.13. The first-order chi connectivity index (χ1) is 14.7. The van der Waals surface area contributed by atoms with Crippen molar-refractivity contribution in [2.24, 2.45) is 0 Å². The zero-order chi connectivity index (χ0) is 20.5. The van der Waals surface area contributed by atoms with Crippen LogP contribution in [-0.4, -0.2) is 40.8 Å². The molecule has 30 heavy (non-hydrogen) atoms. The number of nitrogens with one attached hydrogen (secondary N) is 1. The second-order valence-electron chi connectivity index (χ2n) is 7.19. The molecule has 7 heteroatoms. The van der Waals surface area contributed by atoms with E-state index in [1.165, 1.54) is 17.8 Å². The number of rotatable bonds is 4. The highest BCUT2D eigenvalue weighted by atomic mass is 19.1. The molecule has 2 aromatic carbocycles. The number of ether oxygens (including phenoxy) is 1. The number of hydrogen-bond donors (Lipinski definition) is 2. The number of imidazole rings is 1. The number of fused-ring (bicyclic) bond motifs is 1. The van der Waals surface area contributed by atoms with Gasteiger partial charge < -0.3 is 20.1 Å². The fraction of sp³-hybridized carbons (Fsp3) is 0.174. The van der Waals surface area contributed by atoms with E-state index in [0.717, 1.165) is 49.0 Å². The van der Waals surface area contributed by atoms with Gasteiger partial charge in [-0.3, -0.25) is 4.40 Å². The fourth-order valence-corrected chi connectivity index (χ4v) is 3.75. The molecule has 0 unspecified atom stereocenters. The average molecular weight is 404 g/mol. The van der Waals surface area contributed by atoms with E-state index in [2.05, 4.69) is 27.3 Å². The minimum Gasteiger partial charge on any atom is -0.505 e. The predicted molar refractivity (Wildman–Crippen MR) is 115 cm³/mol. The van der Waals surface area contributed by atoms with Crippen LogP contribution in [0.3, 0.4) is 0 Å². The van der Waals surface area contributed by atoms with Crippen LogP contribution in [0.15, 0.2) is 67.0 Å². The van der Waals surface area contributed by atoms with Crippen molar-refractivity contribution >= 4 is 22.7 Å². The Labute approximate surface area is 173 Å². The first kappa shape index (κ1) is 18.4. The number of halogens is 1. The molecular weight excluding hydrogens is 383 g/mol. The zero-order valence-electron chi connectivity index (χ0n) is 16.3. The largest absolute Gasteiger partial charge is 0.505 e. The molecule has 1 fully saturated rings. The van der Waals surface area contributed by atoms with E-state index < -0.39 is 5.82 Å². The summed E-state index contributed by atoms with van der Waals surface area (Å²) in [7, 11) is 0. The van der Waals surface area contributed by atoms with Gasteiger partial charge in [-0.05, 0) is 54.6 Å². The Morgan fingerprint density at radius 3 is 2.57 bits per heavy atom. The number of pyridine rings is 1. The first-order valence-corrected chi connectivity index (χ1v) is 9.84. The summed E-state index contributed by atoms with van der Waals surface area (Å²) in [5.74, 6) is -1.01. The van der Waals surface area contributed by atoms with Gasteiger partial charge in [-0.1, -0.05) is 0 Å². The second kappa shape index (κ2) is 7.68. The maximum absolute atomic E-state index is 13.8. The van der Waals surface area contributed by atoms with Crippen LogP contribution >= 0.6 is 0 Å². The van der Waals surface area contributed by atoms with Crippen molar-refractivity contribution in [2.75, 3.05) is 36.5 Å². The molecular formula is C23H21FN4O2. The lowest BCUT2D eigenvalue weighted by Crippen LogP contribution is -2.36. The van der Waals surface area contributed by atoms with E-state index >= 15 is 0 Å². The van der Waals surface area contributed by atoms with Crippen molar-refractivity contribution in [1.82, 2.24) is 9.38 Å². The molecule has 0 saturated carbocycles. The van der Waals surface area contributed by atoms with E-state index in [-0.39, 0.29) is 5.75 Å². The SMILES string of the molecule is Oc1ccc(-c2ccc(Nc3ccc(N4CCOCC4)cc3)c3nccn23)cc1F. The predicted octanol–water partition coefficient (Wildman–Crippen LogP) is 4.43. The summed E-state index contributed by atoms with van der Waals surface area (Å²) in [4.78, 5) is 6.78. The van der Waals surface area contributed by atoms with Crippen molar-refractivity contribution in [3.8, 4) is 17.0 Å². The third kappa shape index (κ3) is 3.44. The van der Waals surface area contributed by atoms with Crippen LogP contribution in [0.4, 0.5) is 21.5 Å². The lowest BCUT2D eigenvalue weighted by molar-refractivity contribution is 0.122. The van der Waals surface area contributed by atoms with Gasteiger partial charge in [0.2, 0.25) is 0 Å². The van der Waals surface area contributed by atoms with E-state index in [0.29, 0.717) is 5.56 Å². The van der Waals surface area contributed by atoms with Crippen molar-refractivity contribution < 1.29 is 14.2 Å². The molecule has 152 valence electrons. The van der Waals surface area contributed by atoms with Crippen molar-refractivity contribution in [1.29, 1.82) is 0 Å². The van der Waals surface area contributed by atoms with Crippen LogP contribution < -0.4 is 10.2 Å². The highest BCUT2D eigenvalue weighted by molar-refractivity contribution is 5.78. The molecule has 5 rings (SSSR count). The lowest BCUT2D eigenvalue weighted by atomic mass is 10.1. The van der Waals surface area contributed by atoms with Gasteiger partial charge in [-0.15, -0.1) is 0 Å². The summed E-state index contributed by atoms with van der Waals surface area (Å²) in [6.45, 7) is 3.33. The molecule has 0 aliphatic carbocycles. The number of phenolic OH excluding ortho intramolecular Hbond substituents is 1. The summed E-state index contributed by atoms with van der Waals surface area (Å²) in [6, 6.07) is 16.5. The van der Waals surface area contributed by atoms with E-state index in [9.17, 15) is 9.50 Å². The molecule has 0 radical (unpaired) electrons. The summed E-state index contributed by atoms with van der Waals surface area (Å²) >= 11 is 0. The molecule has 6 nitrogen and oxygen atoms in total. The lowest BCUT2D eigenvalue weighted by Gasteiger charge is -2.29. The number of morpholine rings is 1. The zero-order valence-corrected chi connectivity index (χ0v) is 16.3. The molecule has 2 N–H and O–H groups in total. The van der Waals surface area contributed by atoms with E-state index in [4.69, 9.17) is 4.74 Å². The minimum absolute atomic E-state index is 0.362. The Morgan fingerprint density at radius 2 is 1.80 bits per heavy atom. The van der Waals surface area contributed by atoms with Crippen molar-refractivity contribution in [2.45, 2.75) is 0 Å². The number of aromatic hydroxyl groups is 1. The third-order valence-electron chi connectivity index (χ3n) is 5.32. The van der Waals surface area contributed by atoms with Crippen molar-refractivity contribution in [3.05, 3.63) is 72.8 Å². The van der Waals surface area contributed by atoms with E-state index in [1.54, 1.807) is 12.3 Å². The third-order valence-corrected chi connectivity index (χ3v) is 5.32. The maximum Gasteiger partial charge on any atom is 0.165 e. The number of phenols is 1. The normalized spacial score (nSPS) is 14.2. The van der Waals surface area contributed by atoms with Gasteiger partial charge in [-0.25, -0.2) is 9.37 Å². The van der Waals surface area contributed by atoms with Gasteiger partial charge in [0.15, 0.2) is 17.2 Å². The molecule has 0 bridgehead atoms. The van der Waals surface area contributed by atoms with Gasteiger partial charge in [0.1, 0.15) is 0 Å². The smallest absolute Gasteiger partial charge is 0.165 e. The number of nitrogens with zero attached hydrogens (tertiary/aromatic N) is 3. The van der Waals surface area contributed by atoms with Crippen LogP contribution in [0.1, 0.15) is 0 Å². The Morgan fingerprint density at radius 1 is 1.00 bits per heavy atom. The molecule has 2 aromatic heterocycles. The number of aromatic nitrogens is 2. The number of hydrogen-bond acceptors (Lipinski definition) is 5. The van der Waals surface area contributed by atoms with Crippen LogP contribution in [0, 0.1) is 5.82 Å². The van der Waals surface area contributed by atoms with Gasteiger partial charge in [-0.2, -0.15) is 0 Å². The first-order valence-electron chi connectivity index (χ1n) is 9.84. The van der Waals surface area contributed by atoms with Crippen LogP contribution in [-0.2, 0) is 4.74 Å². The molecule has 0 atom stereocenters. The van der Waals surface area contributed by atoms with Gasteiger partial charge >= 0.3 is 0 Å². The molecule has 1 saturated heterocycles. The number of anilines is 3. The molecule has 1 aliphatic rings. The molecule has 0 spiro atoms. The van der Waals surface area contributed by atoms with Crippen LogP contribution in [0.25, 0.3) is 16.9 Å². The summed E-state index contributed by atoms with van der Waals surface area (Å²) < 4.78 is 21.1. The highest BCUT2D eigenvalue weighted by Crippen LogP contribution is 2.30. The molecule has 1 aliphatic heterocycles.